The maximum Gasteiger partial charge on any atom is 0.338 e. The van der Waals surface area contributed by atoms with Gasteiger partial charge in [0.1, 0.15) is 5.75 Å². The lowest BCUT2D eigenvalue weighted by molar-refractivity contribution is -0.133. The minimum atomic E-state index is -0.355. The molecule has 3 heteroatoms. The second-order valence-corrected chi connectivity index (χ2v) is 4.19. The van der Waals surface area contributed by atoms with Crippen molar-refractivity contribution in [1.29, 1.82) is 0 Å². The number of hydrogen-bond donors (Lipinski definition) is 0. The monoisotopic (exact) mass is 268 g/mol. The number of esters is 1. The molecule has 102 valence electrons. The number of hydrogen-bond acceptors (Lipinski definition) is 3. The summed E-state index contributed by atoms with van der Waals surface area (Å²) in [6, 6.07) is 16.9. The van der Waals surface area contributed by atoms with Gasteiger partial charge < -0.3 is 9.47 Å². The minimum absolute atomic E-state index is 0.355. The first kappa shape index (κ1) is 13.9. The molecule has 2 aromatic carbocycles. The second kappa shape index (κ2) is 6.57. The van der Waals surface area contributed by atoms with Crippen LogP contribution in [0.5, 0.6) is 5.75 Å². The first-order chi connectivity index (χ1) is 9.74. The summed E-state index contributed by atoms with van der Waals surface area (Å²) < 4.78 is 9.97. The molecule has 0 amide bonds. The Morgan fingerprint density at radius 1 is 0.950 bits per heavy atom. The largest absolute Gasteiger partial charge is 0.497 e. The number of ether oxygens (including phenoxy) is 2. The summed E-state index contributed by atoms with van der Waals surface area (Å²) in [6.45, 7) is 0. The lowest BCUT2D eigenvalue weighted by Crippen LogP contribution is -2.03. The summed E-state index contributed by atoms with van der Waals surface area (Å²) in [6.07, 6.45) is 1.81. The normalized spacial score (nSPS) is 11.0. The Balaban J connectivity index is 2.40. The molecule has 20 heavy (non-hydrogen) atoms. The zero-order valence-corrected chi connectivity index (χ0v) is 11.5. The molecule has 0 unspecified atom stereocenters. The molecule has 2 rings (SSSR count). The van der Waals surface area contributed by atoms with Crippen LogP contribution in [0, 0.1) is 0 Å². The van der Waals surface area contributed by atoms with Crippen LogP contribution in [-0.4, -0.2) is 20.2 Å². The van der Waals surface area contributed by atoms with E-state index in [4.69, 9.17) is 9.47 Å². The molecular formula is C17H16O3. The Morgan fingerprint density at radius 2 is 1.60 bits per heavy atom. The second-order valence-electron chi connectivity index (χ2n) is 4.19. The maximum atomic E-state index is 11.9. The van der Waals surface area contributed by atoms with Gasteiger partial charge in [0.15, 0.2) is 0 Å². The van der Waals surface area contributed by atoms with Gasteiger partial charge >= 0.3 is 5.97 Å². The van der Waals surface area contributed by atoms with Gasteiger partial charge in [0, 0.05) is 0 Å². The topological polar surface area (TPSA) is 35.5 Å². The van der Waals surface area contributed by atoms with Crippen molar-refractivity contribution in [3.05, 3.63) is 65.7 Å². The Labute approximate surface area is 118 Å². The van der Waals surface area contributed by atoms with Crippen molar-refractivity contribution in [2.45, 2.75) is 0 Å². The molecule has 0 aromatic heterocycles. The zero-order valence-electron chi connectivity index (χ0n) is 11.5. The molecule has 0 atom stereocenters. The summed E-state index contributed by atoms with van der Waals surface area (Å²) >= 11 is 0. The third kappa shape index (κ3) is 3.26. The van der Waals surface area contributed by atoms with E-state index in [1.807, 2.05) is 54.6 Å². The fourth-order valence-electron chi connectivity index (χ4n) is 1.85. The molecule has 0 saturated carbocycles. The van der Waals surface area contributed by atoms with Gasteiger partial charge in [0.25, 0.3) is 0 Å². The third-order valence-electron chi connectivity index (χ3n) is 2.92. The van der Waals surface area contributed by atoms with Crippen LogP contribution in [0.1, 0.15) is 11.1 Å². The fraction of sp³-hybridized carbons (Fsp3) is 0.118. The Hall–Kier alpha value is -2.55. The number of carbonyl (C=O) groups is 1. The highest BCUT2D eigenvalue weighted by molar-refractivity contribution is 6.21. The van der Waals surface area contributed by atoms with E-state index in [0.29, 0.717) is 5.57 Å². The van der Waals surface area contributed by atoms with Gasteiger partial charge in [-0.1, -0.05) is 42.5 Å². The third-order valence-corrected chi connectivity index (χ3v) is 2.92. The van der Waals surface area contributed by atoms with Crippen molar-refractivity contribution in [3.8, 4) is 5.75 Å². The summed E-state index contributed by atoms with van der Waals surface area (Å²) in [5.41, 5.74) is 2.27. The summed E-state index contributed by atoms with van der Waals surface area (Å²) in [7, 11) is 3.00. The highest BCUT2D eigenvalue weighted by atomic mass is 16.5. The Morgan fingerprint density at radius 3 is 2.15 bits per heavy atom. The molecule has 0 saturated heterocycles. The average Bonchev–Trinajstić information content (AvgIpc) is 2.53. The summed E-state index contributed by atoms with van der Waals surface area (Å²) in [5.74, 6) is 0.425. The molecular weight excluding hydrogens is 252 g/mol. The predicted octanol–water partition coefficient (Wildman–Crippen LogP) is 3.41. The average molecular weight is 268 g/mol. The highest BCUT2D eigenvalue weighted by Gasteiger charge is 2.11. The van der Waals surface area contributed by atoms with Gasteiger partial charge in [-0.15, -0.1) is 0 Å². The molecule has 0 aliphatic carbocycles. The van der Waals surface area contributed by atoms with E-state index in [1.54, 1.807) is 13.2 Å². The van der Waals surface area contributed by atoms with Crippen LogP contribution in [0.25, 0.3) is 11.6 Å². The molecule has 0 spiro atoms. The van der Waals surface area contributed by atoms with Gasteiger partial charge in [0.2, 0.25) is 0 Å². The smallest absolute Gasteiger partial charge is 0.338 e. The molecule has 2 aromatic rings. The molecule has 0 aliphatic rings. The van der Waals surface area contributed by atoms with Crippen molar-refractivity contribution in [3.63, 3.8) is 0 Å². The molecule has 0 fully saturated rings. The quantitative estimate of drug-likeness (QED) is 0.484. The molecule has 0 radical (unpaired) electrons. The Kier molecular flexibility index (Phi) is 4.56. The van der Waals surface area contributed by atoms with E-state index in [-0.39, 0.29) is 5.97 Å². The van der Waals surface area contributed by atoms with Gasteiger partial charge in [-0.2, -0.15) is 0 Å². The maximum absolute atomic E-state index is 11.9. The van der Waals surface area contributed by atoms with Crippen LogP contribution < -0.4 is 4.74 Å². The van der Waals surface area contributed by atoms with E-state index in [0.717, 1.165) is 16.9 Å². The predicted molar refractivity (Wildman–Crippen MR) is 79.3 cm³/mol. The van der Waals surface area contributed by atoms with Crippen molar-refractivity contribution in [2.75, 3.05) is 14.2 Å². The molecule has 0 bridgehead atoms. The van der Waals surface area contributed by atoms with Crippen molar-refractivity contribution in [1.82, 2.24) is 0 Å². The van der Waals surface area contributed by atoms with E-state index >= 15 is 0 Å². The van der Waals surface area contributed by atoms with Gasteiger partial charge in [-0.25, -0.2) is 4.79 Å². The standard InChI is InChI=1S/C17H16O3/c1-19-15-10-8-13(9-11-15)12-16(17(18)20-2)14-6-4-3-5-7-14/h3-12H,1-2H3/b16-12-. The van der Waals surface area contributed by atoms with Crippen LogP contribution in [0.4, 0.5) is 0 Å². The Bertz CT molecular complexity index is 598. The van der Waals surface area contributed by atoms with Gasteiger partial charge in [-0.05, 0) is 29.3 Å². The lowest BCUT2D eigenvalue weighted by atomic mass is 10.0. The van der Waals surface area contributed by atoms with Crippen LogP contribution >= 0.6 is 0 Å². The molecule has 0 aliphatic heterocycles. The number of rotatable bonds is 4. The van der Waals surface area contributed by atoms with Crippen LogP contribution in [0.3, 0.4) is 0 Å². The van der Waals surface area contributed by atoms with Crippen LogP contribution in [-0.2, 0) is 9.53 Å². The molecule has 0 heterocycles. The molecule has 3 nitrogen and oxygen atoms in total. The first-order valence-corrected chi connectivity index (χ1v) is 6.24. The number of methoxy groups -OCH3 is 2. The fourth-order valence-corrected chi connectivity index (χ4v) is 1.85. The SMILES string of the molecule is COC(=O)/C(=C\c1ccc(OC)cc1)c1ccccc1. The summed E-state index contributed by atoms with van der Waals surface area (Å²) in [5, 5.41) is 0. The van der Waals surface area contributed by atoms with E-state index < -0.39 is 0 Å². The first-order valence-electron chi connectivity index (χ1n) is 6.24. The highest BCUT2D eigenvalue weighted by Crippen LogP contribution is 2.21. The van der Waals surface area contributed by atoms with E-state index in [2.05, 4.69) is 0 Å². The van der Waals surface area contributed by atoms with Gasteiger partial charge in [-0.3, -0.25) is 0 Å². The van der Waals surface area contributed by atoms with Crippen molar-refractivity contribution < 1.29 is 14.3 Å². The minimum Gasteiger partial charge on any atom is -0.497 e. The summed E-state index contributed by atoms with van der Waals surface area (Å²) in [4.78, 5) is 11.9. The van der Waals surface area contributed by atoms with Crippen molar-refractivity contribution >= 4 is 17.6 Å². The van der Waals surface area contributed by atoms with E-state index in [9.17, 15) is 4.79 Å². The lowest BCUT2D eigenvalue weighted by Gasteiger charge is -2.06. The number of benzene rings is 2. The van der Waals surface area contributed by atoms with Crippen molar-refractivity contribution in [2.24, 2.45) is 0 Å². The van der Waals surface area contributed by atoms with Crippen LogP contribution in [0.2, 0.25) is 0 Å². The van der Waals surface area contributed by atoms with Crippen LogP contribution in [0.15, 0.2) is 54.6 Å². The van der Waals surface area contributed by atoms with E-state index in [1.165, 1.54) is 7.11 Å². The number of carbonyl (C=O) groups excluding carboxylic acids is 1. The zero-order chi connectivity index (χ0) is 14.4. The molecule has 0 N–H and O–H groups in total. The van der Waals surface area contributed by atoms with Gasteiger partial charge in [0.05, 0.1) is 19.8 Å².